The van der Waals surface area contributed by atoms with Crippen molar-refractivity contribution in [3.05, 3.63) is 12.2 Å². The molecule has 0 aromatic heterocycles. The van der Waals surface area contributed by atoms with Gasteiger partial charge in [0.1, 0.15) is 116 Å². The van der Waals surface area contributed by atoms with Gasteiger partial charge in [-0.3, -0.25) is 19.2 Å². The average molecular weight is 1540 g/mol. The monoisotopic (exact) mass is 1540 g/mol. The van der Waals surface area contributed by atoms with E-state index in [0.29, 0.717) is 12.8 Å². The number of carbonyl (C=O) groups is 4. The van der Waals surface area contributed by atoms with Crippen molar-refractivity contribution in [2.45, 2.75) is 392 Å². The Bertz CT molecular complexity index is 2500. The number of carbonyl (C=O) groups excluding carboxylic acids is 4. The first-order valence-corrected chi connectivity index (χ1v) is 39.4. The Kier molecular flexibility index (Phi) is 44.2. The fraction of sp³-hybridized carbons (Fsp3) is 0.919. The molecule has 0 bridgehead atoms. The number of rotatable bonds is 52. The molecule has 9 unspecified atom stereocenters. The van der Waals surface area contributed by atoms with E-state index < -0.39 is 235 Å². The average Bonchev–Trinajstić information content (AvgIpc) is 0.750. The summed E-state index contributed by atoms with van der Waals surface area (Å²) in [5, 5.41) is 186. The molecule has 0 spiro atoms. The number of allylic oxidation sites excluding steroid dienone is 1. The van der Waals surface area contributed by atoms with Crippen LogP contribution in [0.25, 0.3) is 0 Å². The zero-order valence-corrected chi connectivity index (χ0v) is 63.4. The van der Waals surface area contributed by atoms with Crippen molar-refractivity contribution in [1.29, 1.82) is 0 Å². The summed E-state index contributed by atoms with van der Waals surface area (Å²) in [5.74, 6) is -6.15. The summed E-state index contributed by atoms with van der Waals surface area (Å²) in [7, 11) is 0. The molecule has 624 valence electrons. The van der Waals surface area contributed by atoms with E-state index in [1.54, 1.807) is 6.08 Å². The van der Waals surface area contributed by atoms with E-state index in [4.69, 9.17) is 47.4 Å². The lowest BCUT2D eigenvalue weighted by atomic mass is 9.86. The minimum absolute atomic E-state index is 0.147. The minimum Gasteiger partial charge on any atom is -0.394 e. The second-order valence-electron chi connectivity index (χ2n) is 29.5. The first kappa shape index (κ1) is 94.4. The second kappa shape index (κ2) is 50.1. The minimum atomic E-state index is -2.94. The van der Waals surface area contributed by atoms with Crippen LogP contribution in [-0.2, 0) is 66.5 Å². The highest BCUT2D eigenvalue weighted by atomic mass is 16.8. The maximum Gasteiger partial charge on any atom is 0.232 e. The third-order valence-corrected chi connectivity index (χ3v) is 20.8. The molecule has 19 N–H and O–H groups in total. The van der Waals surface area contributed by atoms with E-state index in [-0.39, 0.29) is 12.3 Å². The summed E-state index contributed by atoms with van der Waals surface area (Å²) in [6.45, 7) is 1.51. The Morgan fingerprint density at radius 3 is 1.43 bits per heavy atom. The number of ketones is 1. The van der Waals surface area contributed by atoms with E-state index in [2.05, 4.69) is 29.8 Å². The van der Waals surface area contributed by atoms with E-state index in [1.807, 2.05) is 6.08 Å². The van der Waals surface area contributed by atoms with Crippen molar-refractivity contribution >= 4 is 23.5 Å². The number of amides is 3. The molecule has 5 heterocycles. The number of Topliss-reactive ketones (excluding diaryl/α,β-unsaturated/α-hetero) is 1. The SMILES string of the molecule is CCCCCCCCCCCCC/C=C/[C@H](O)[C@@H](CO[C@@H]1OC(CO)[C@@H](O[C@@H]2OC(CO)[C@H](O[C@@H]3OC(CO)[C@H](O)C(O[C@@H]4OC(CO)[C@H](O)C(O)[C@@H]4O)[C@@H]3NC(C)=O)C(O[C@]3(C(C)=O)C[C@@H](O)[C@@H](NC(C)=O)C([C@H](O)[C@H](O)CO)O3)[C@@H]2O)[C@H](O)C1O)NC(=O)CCCCCCCCCCCCCCCCC. The van der Waals surface area contributed by atoms with Crippen molar-refractivity contribution in [2.24, 2.45) is 0 Å². The van der Waals surface area contributed by atoms with Crippen LogP contribution >= 0.6 is 0 Å². The van der Waals surface area contributed by atoms with Crippen molar-refractivity contribution in [1.82, 2.24) is 16.0 Å². The van der Waals surface area contributed by atoms with Crippen LogP contribution in [0, 0.1) is 0 Å². The molecular formula is C74H133N3O30. The van der Waals surface area contributed by atoms with Crippen LogP contribution in [0.5, 0.6) is 0 Å². The van der Waals surface area contributed by atoms with E-state index in [0.717, 1.165) is 72.1 Å². The van der Waals surface area contributed by atoms with Crippen molar-refractivity contribution in [3.63, 3.8) is 0 Å². The molecule has 5 saturated heterocycles. The molecular weight excluding hydrogens is 1410 g/mol. The highest BCUT2D eigenvalue weighted by Crippen LogP contribution is 2.41. The van der Waals surface area contributed by atoms with Gasteiger partial charge in [-0.05, 0) is 19.3 Å². The van der Waals surface area contributed by atoms with Gasteiger partial charge in [-0.1, -0.05) is 180 Å². The summed E-state index contributed by atoms with van der Waals surface area (Å²) < 4.78 is 60.9. The van der Waals surface area contributed by atoms with E-state index >= 15 is 0 Å². The first-order chi connectivity index (χ1) is 51.3. The molecule has 33 nitrogen and oxygen atoms in total. The maximum atomic E-state index is 14.3. The van der Waals surface area contributed by atoms with Crippen molar-refractivity contribution < 1.29 is 148 Å². The molecule has 0 aliphatic carbocycles. The Morgan fingerprint density at radius 1 is 0.477 bits per heavy atom. The van der Waals surface area contributed by atoms with Crippen LogP contribution in [0.4, 0.5) is 0 Å². The summed E-state index contributed by atoms with van der Waals surface area (Å²) in [4.78, 5) is 53.5. The fourth-order valence-electron chi connectivity index (χ4n) is 14.4. The van der Waals surface area contributed by atoms with Crippen LogP contribution in [0.1, 0.15) is 221 Å². The van der Waals surface area contributed by atoms with Gasteiger partial charge < -0.3 is 145 Å². The number of aliphatic hydroxyl groups excluding tert-OH is 16. The molecule has 5 aliphatic rings. The van der Waals surface area contributed by atoms with Gasteiger partial charge in [0.15, 0.2) is 30.9 Å². The Balaban J connectivity index is 1.40. The van der Waals surface area contributed by atoms with Crippen LogP contribution < -0.4 is 16.0 Å². The fourth-order valence-corrected chi connectivity index (χ4v) is 14.4. The quantitative estimate of drug-likeness (QED) is 0.0269. The topological polar surface area (TPSA) is 520 Å². The molecule has 0 aromatic carbocycles. The van der Waals surface area contributed by atoms with Crippen LogP contribution in [0.15, 0.2) is 12.2 Å². The van der Waals surface area contributed by atoms with Gasteiger partial charge in [0.25, 0.3) is 0 Å². The Hall–Kier alpha value is -3.22. The third kappa shape index (κ3) is 29.3. The summed E-state index contributed by atoms with van der Waals surface area (Å²) in [6, 6.07) is -4.63. The summed E-state index contributed by atoms with van der Waals surface area (Å²) in [6.07, 6.45) is -14.7. The van der Waals surface area contributed by atoms with Gasteiger partial charge in [-0.15, -0.1) is 0 Å². The summed E-state index contributed by atoms with van der Waals surface area (Å²) in [5.41, 5.74) is 0. The van der Waals surface area contributed by atoms with E-state index in [9.17, 15) is 101 Å². The molecule has 5 aliphatic heterocycles. The van der Waals surface area contributed by atoms with Gasteiger partial charge in [0.2, 0.25) is 23.5 Å². The zero-order chi connectivity index (χ0) is 78.8. The smallest absolute Gasteiger partial charge is 0.232 e. The number of nitrogens with one attached hydrogen (secondary N) is 3. The molecule has 107 heavy (non-hydrogen) atoms. The number of unbranched alkanes of at least 4 members (excludes halogenated alkanes) is 25. The highest BCUT2D eigenvalue weighted by Gasteiger charge is 2.61. The van der Waals surface area contributed by atoms with E-state index in [1.165, 1.54) is 109 Å². The number of hydrogen-bond donors (Lipinski definition) is 19. The lowest BCUT2D eigenvalue weighted by Gasteiger charge is -2.53. The molecule has 33 heteroatoms. The summed E-state index contributed by atoms with van der Waals surface area (Å²) >= 11 is 0. The van der Waals surface area contributed by atoms with Gasteiger partial charge in [-0.25, -0.2) is 0 Å². The van der Waals surface area contributed by atoms with Gasteiger partial charge in [0, 0.05) is 33.6 Å². The molecule has 0 aromatic rings. The van der Waals surface area contributed by atoms with Crippen molar-refractivity contribution in [2.75, 3.05) is 39.6 Å². The Morgan fingerprint density at radius 2 is 0.916 bits per heavy atom. The van der Waals surface area contributed by atoms with Gasteiger partial charge >= 0.3 is 0 Å². The number of hydrogen-bond acceptors (Lipinski definition) is 30. The molecule has 0 saturated carbocycles. The van der Waals surface area contributed by atoms with Crippen LogP contribution in [0.3, 0.4) is 0 Å². The molecule has 5 rings (SSSR count). The van der Waals surface area contributed by atoms with Crippen LogP contribution in [-0.4, -0.2) is 316 Å². The normalized spacial score (nSPS) is 34.6. The lowest BCUT2D eigenvalue weighted by Crippen LogP contribution is -2.72. The standard InChI is InChI=1S/C74H133N3O30/c1-6-8-10-12-14-16-18-20-21-23-25-27-29-31-33-35-54(89)77-46(47(86)34-32-30-28-26-24-22-19-17-15-13-11-9-7-2)42-98-71-63(96)61(94)65(52(40-81)101-71)103-73-64(97)69(107-74(43(3)83)36-48(87)55(75-44(4)84)68(106-74)57(90)49(88)37-78)66(53(41-82)102-73)104-70-56(76-45(5)85)67(59(92)51(39-80)99-70)105-72-62(95)60(93)58(91)50(38-79)100-72/h32,34,46-53,55-73,78-82,86-88,90-97H,6-31,33,35-42H2,1-5H3,(H,75,84)(H,76,85)(H,77,89)/b34-32+/t46-,47+,48-,49-,50?,51?,52?,53?,55-,56+,57-,58+,59+,60?,61-,62+,63?,64+,65-,66+,67?,68?,69?,70+,71-,72+,73+,74+/m1/s1. The molecule has 5 fully saturated rings. The lowest BCUT2D eigenvalue weighted by molar-refractivity contribution is -0.401. The predicted octanol–water partition coefficient (Wildman–Crippen LogP) is -0.538. The molecule has 3 amide bonds. The number of aliphatic hydroxyl groups is 16. The molecule has 0 radical (unpaired) electrons. The largest absolute Gasteiger partial charge is 0.394 e. The van der Waals surface area contributed by atoms with Crippen LogP contribution in [0.2, 0.25) is 0 Å². The highest BCUT2D eigenvalue weighted by molar-refractivity contribution is 5.84. The third-order valence-electron chi connectivity index (χ3n) is 20.8. The van der Waals surface area contributed by atoms with Gasteiger partial charge in [0.05, 0.1) is 63.9 Å². The first-order valence-electron chi connectivity index (χ1n) is 39.4. The predicted molar refractivity (Wildman–Crippen MR) is 381 cm³/mol. The molecule has 28 atom stereocenters. The van der Waals surface area contributed by atoms with Gasteiger partial charge in [-0.2, -0.15) is 0 Å². The maximum absolute atomic E-state index is 14.3. The van der Waals surface area contributed by atoms with Crippen molar-refractivity contribution in [3.8, 4) is 0 Å². The second-order valence-corrected chi connectivity index (χ2v) is 29.5. The Labute approximate surface area is 629 Å². The zero-order valence-electron chi connectivity index (χ0n) is 63.4. The number of ether oxygens (including phenoxy) is 10.